The van der Waals surface area contributed by atoms with Crippen LogP contribution in [0.5, 0.6) is 0 Å². The quantitative estimate of drug-likeness (QED) is 0.371. The average molecular weight is 497 g/mol. The summed E-state index contributed by atoms with van der Waals surface area (Å²) in [6, 6.07) is 13.8. The van der Waals surface area contributed by atoms with Gasteiger partial charge in [0.1, 0.15) is 11.9 Å². The highest BCUT2D eigenvalue weighted by Gasteiger charge is 2.18. The zero-order valence-corrected chi connectivity index (χ0v) is 21.2. The summed E-state index contributed by atoms with van der Waals surface area (Å²) in [6.07, 6.45) is 6.27. The maximum Gasteiger partial charge on any atom is 0.247 e. The van der Waals surface area contributed by atoms with Gasteiger partial charge in [-0.15, -0.1) is 0 Å². The van der Waals surface area contributed by atoms with Crippen LogP contribution in [0.2, 0.25) is 0 Å². The van der Waals surface area contributed by atoms with E-state index in [-0.39, 0.29) is 11.9 Å². The lowest BCUT2D eigenvalue weighted by Crippen LogP contribution is -2.46. The van der Waals surface area contributed by atoms with Gasteiger partial charge in [0.15, 0.2) is 0 Å². The molecule has 1 aliphatic heterocycles. The molecule has 1 fully saturated rings. The number of nitrogens with one attached hydrogen (secondary N) is 3. The number of benzene rings is 1. The van der Waals surface area contributed by atoms with Crippen molar-refractivity contribution in [3.8, 4) is 6.07 Å². The maximum absolute atomic E-state index is 12.2. The van der Waals surface area contributed by atoms with E-state index in [1.165, 1.54) is 12.3 Å². The third-order valence-corrected chi connectivity index (χ3v) is 6.50. The Labute approximate surface area is 217 Å². The van der Waals surface area contributed by atoms with Gasteiger partial charge >= 0.3 is 0 Å². The average Bonchev–Trinajstić information content (AvgIpc) is 2.94. The van der Waals surface area contributed by atoms with E-state index in [1.807, 2.05) is 37.3 Å². The third-order valence-electron chi connectivity index (χ3n) is 6.50. The first kappa shape index (κ1) is 25.7. The van der Waals surface area contributed by atoms with Gasteiger partial charge in [-0.25, -0.2) is 4.98 Å². The van der Waals surface area contributed by atoms with Gasteiger partial charge in [-0.2, -0.15) is 5.26 Å². The minimum Gasteiger partial charge on any atom is -0.377 e. The number of rotatable bonds is 9. The fourth-order valence-corrected chi connectivity index (χ4v) is 4.29. The number of amides is 1. The Morgan fingerprint density at radius 1 is 1.14 bits per heavy atom. The Morgan fingerprint density at radius 2 is 1.89 bits per heavy atom. The van der Waals surface area contributed by atoms with E-state index in [0.717, 1.165) is 44.0 Å². The molecule has 190 valence electrons. The number of carbonyl (C=O) groups excluding carboxylic acids is 1. The Morgan fingerprint density at radius 3 is 2.57 bits per heavy atom. The second-order valence-corrected chi connectivity index (χ2v) is 8.84. The summed E-state index contributed by atoms with van der Waals surface area (Å²) < 4.78 is 0. The van der Waals surface area contributed by atoms with Crippen molar-refractivity contribution in [1.82, 2.24) is 14.9 Å². The molecule has 9 nitrogen and oxygen atoms in total. The molecule has 0 saturated carbocycles. The number of pyridine rings is 2. The summed E-state index contributed by atoms with van der Waals surface area (Å²) in [7, 11) is 0. The Kier molecular flexibility index (Phi) is 8.33. The lowest BCUT2D eigenvalue weighted by atomic mass is 10.1. The first-order valence-corrected chi connectivity index (χ1v) is 12.4. The van der Waals surface area contributed by atoms with Crippen LogP contribution in [0.25, 0.3) is 0 Å². The molecule has 0 spiro atoms. The number of hydrogen-bond acceptors (Lipinski definition) is 8. The Balaban J connectivity index is 1.58. The van der Waals surface area contributed by atoms with E-state index in [2.05, 4.69) is 55.3 Å². The summed E-state index contributed by atoms with van der Waals surface area (Å²) in [5, 5.41) is 19.2. The Bertz CT molecular complexity index is 1280. The lowest BCUT2D eigenvalue weighted by Gasteiger charge is -2.35. The van der Waals surface area contributed by atoms with Crippen LogP contribution in [-0.4, -0.2) is 53.5 Å². The molecule has 0 bridgehead atoms. The molecule has 1 aromatic carbocycles. The predicted octanol–water partition coefficient (Wildman–Crippen LogP) is 4.53. The molecule has 9 heteroatoms. The highest BCUT2D eigenvalue weighted by atomic mass is 16.1. The van der Waals surface area contributed by atoms with Crippen LogP contribution >= 0.6 is 0 Å². The van der Waals surface area contributed by atoms with Crippen LogP contribution < -0.4 is 20.9 Å². The molecule has 1 atom stereocenters. The van der Waals surface area contributed by atoms with E-state index < -0.39 is 0 Å². The molecule has 3 heterocycles. The summed E-state index contributed by atoms with van der Waals surface area (Å²) in [6.45, 7) is 12.7. The standard InChI is InChI=1S/C28H32N8O/c1-4-28(37)34-26-16-23(36-14-12-35(5-2)13-15-36)6-7-24(26)33-27-17-25(22(18-29)19-31-27)32-20(3)21-8-10-30-11-9-21/h4,6-11,16-17,19-20H,1,5,12-15H2,2-3H3,(H,34,37)(H2,31,32,33). The van der Waals surface area contributed by atoms with Crippen molar-refractivity contribution in [2.75, 3.05) is 53.6 Å². The monoisotopic (exact) mass is 496 g/mol. The van der Waals surface area contributed by atoms with Crippen LogP contribution in [0.4, 0.5) is 28.6 Å². The van der Waals surface area contributed by atoms with Gasteiger partial charge in [0.2, 0.25) is 5.91 Å². The summed E-state index contributed by atoms with van der Waals surface area (Å²) in [4.78, 5) is 25.4. The van der Waals surface area contributed by atoms with Crippen LogP contribution in [0.15, 0.2) is 67.6 Å². The molecular formula is C28H32N8O. The molecule has 1 amide bonds. The largest absolute Gasteiger partial charge is 0.377 e. The summed E-state index contributed by atoms with van der Waals surface area (Å²) in [5.74, 6) is 0.249. The molecule has 37 heavy (non-hydrogen) atoms. The minimum absolute atomic E-state index is 0.0414. The topological polar surface area (TPSA) is 109 Å². The molecule has 1 unspecified atom stereocenters. The number of anilines is 5. The second-order valence-electron chi connectivity index (χ2n) is 8.84. The molecule has 2 aromatic heterocycles. The third kappa shape index (κ3) is 6.42. The summed E-state index contributed by atoms with van der Waals surface area (Å²) in [5.41, 5.74) is 4.51. The van der Waals surface area contributed by atoms with Crippen LogP contribution in [-0.2, 0) is 4.79 Å². The van der Waals surface area contributed by atoms with Crippen LogP contribution in [0.1, 0.15) is 31.0 Å². The van der Waals surface area contributed by atoms with Gasteiger partial charge in [-0.05, 0) is 55.4 Å². The van der Waals surface area contributed by atoms with Crippen molar-refractivity contribution < 1.29 is 4.79 Å². The molecule has 4 rings (SSSR count). The first-order chi connectivity index (χ1) is 18.0. The number of hydrogen-bond donors (Lipinski definition) is 3. The van der Waals surface area contributed by atoms with E-state index in [0.29, 0.717) is 28.4 Å². The fraction of sp³-hybridized carbons (Fsp3) is 0.286. The number of carbonyl (C=O) groups is 1. The van der Waals surface area contributed by atoms with Gasteiger partial charge in [-0.1, -0.05) is 13.5 Å². The van der Waals surface area contributed by atoms with E-state index in [1.54, 1.807) is 18.5 Å². The van der Waals surface area contributed by atoms with Crippen molar-refractivity contribution >= 4 is 34.5 Å². The predicted molar refractivity (Wildman–Crippen MR) is 148 cm³/mol. The summed E-state index contributed by atoms with van der Waals surface area (Å²) >= 11 is 0. The zero-order valence-electron chi connectivity index (χ0n) is 21.2. The number of likely N-dealkylation sites (N-methyl/N-ethyl adjacent to an activating group) is 1. The number of piperazine rings is 1. The van der Waals surface area contributed by atoms with E-state index in [9.17, 15) is 10.1 Å². The smallest absolute Gasteiger partial charge is 0.247 e. The Hall–Kier alpha value is -4.42. The van der Waals surface area contributed by atoms with Gasteiger partial charge < -0.3 is 25.8 Å². The van der Waals surface area contributed by atoms with Crippen LogP contribution in [0.3, 0.4) is 0 Å². The lowest BCUT2D eigenvalue weighted by molar-refractivity contribution is -0.111. The fourth-order valence-electron chi connectivity index (χ4n) is 4.29. The zero-order chi connectivity index (χ0) is 26.2. The van der Waals surface area contributed by atoms with E-state index >= 15 is 0 Å². The van der Waals surface area contributed by atoms with E-state index in [4.69, 9.17) is 0 Å². The molecule has 1 aliphatic rings. The number of nitrogens with zero attached hydrogens (tertiary/aromatic N) is 5. The van der Waals surface area contributed by atoms with Crippen molar-refractivity contribution in [2.45, 2.75) is 19.9 Å². The van der Waals surface area contributed by atoms with Gasteiger partial charge in [0, 0.05) is 62.6 Å². The second kappa shape index (κ2) is 12.0. The minimum atomic E-state index is -0.294. The van der Waals surface area contributed by atoms with Crippen LogP contribution in [0, 0.1) is 11.3 Å². The van der Waals surface area contributed by atoms with Gasteiger partial charge in [0.25, 0.3) is 0 Å². The highest BCUT2D eigenvalue weighted by Crippen LogP contribution is 2.32. The number of aromatic nitrogens is 2. The maximum atomic E-state index is 12.2. The molecule has 0 radical (unpaired) electrons. The molecule has 0 aliphatic carbocycles. The van der Waals surface area contributed by atoms with Crippen molar-refractivity contribution in [1.29, 1.82) is 5.26 Å². The molecular weight excluding hydrogens is 464 g/mol. The molecule has 3 aromatic rings. The van der Waals surface area contributed by atoms with Gasteiger partial charge in [-0.3, -0.25) is 9.78 Å². The highest BCUT2D eigenvalue weighted by molar-refractivity contribution is 6.02. The number of nitriles is 1. The molecule has 3 N–H and O–H groups in total. The first-order valence-electron chi connectivity index (χ1n) is 12.4. The van der Waals surface area contributed by atoms with Gasteiger partial charge in [0.05, 0.1) is 22.6 Å². The SMILES string of the molecule is C=CC(=O)Nc1cc(N2CCN(CC)CC2)ccc1Nc1cc(NC(C)c2ccncc2)c(C#N)cn1. The van der Waals surface area contributed by atoms with Crippen molar-refractivity contribution in [2.24, 2.45) is 0 Å². The molecule has 1 saturated heterocycles. The van der Waals surface area contributed by atoms with Crippen molar-refractivity contribution in [3.05, 3.63) is 78.8 Å². The van der Waals surface area contributed by atoms with Crippen molar-refractivity contribution in [3.63, 3.8) is 0 Å². The normalized spacial score (nSPS) is 14.4.